The molecule has 0 spiro atoms. The van der Waals surface area contributed by atoms with Gasteiger partial charge in [0.25, 0.3) is 0 Å². The van der Waals surface area contributed by atoms with Gasteiger partial charge in [-0.05, 0) is 0 Å². The summed E-state index contributed by atoms with van der Waals surface area (Å²) in [6.45, 7) is 0.765. The van der Waals surface area contributed by atoms with Crippen LogP contribution in [-0.2, 0) is 0 Å². The van der Waals surface area contributed by atoms with Gasteiger partial charge < -0.3 is 20.9 Å². The van der Waals surface area contributed by atoms with Gasteiger partial charge in [-0.15, -0.1) is 0 Å². The van der Waals surface area contributed by atoms with Gasteiger partial charge in [0, 0.05) is 30.7 Å². The Morgan fingerprint density at radius 2 is 2.05 bits per heavy atom. The number of aliphatic hydroxyl groups excluding tert-OH is 1. The summed E-state index contributed by atoms with van der Waals surface area (Å²) in [6.07, 6.45) is 0. The fourth-order valence-electron chi connectivity index (χ4n) is 1.30. The lowest BCUT2D eigenvalue weighted by atomic mass is 9.95. The van der Waals surface area contributed by atoms with E-state index in [1.54, 1.807) is 13.8 Å². The van der Waals surface area contributed by atoms with Gasteiger partial charge in [0.05, 0.1) is 11.4 Å². The van der Waals surface area contributed by atoms with Gasteiger partial charge in [-0.25, -0.2) is 4.39 Å². The van der Waals surface area contributed by atoms with Gasteiger partial charge in [0.2, 0.25) is 0 Å². The van der Waals surface area contributed by atoms with E-state index in [1.807, 2.05) is 0 Å². The van der Waals surface area contributed by atoms with E-state index in [4.69, 9.17) is 10.8 Å². The van der Waals surface area contributed by atoms with Crippen LogP contribution in [0.4, 0.5) is 24.5 Å². The zero-order valence-electron chi connectivity index (χ0n) is 10.7. The second-order valence-corrected chi connectivity index (χ2v) is 4.92. The fraction of sp³-hybridized carbons (Fsp3) is 0.500. The number of nitrogens with one attached hydrogen (secondary N) is 1. The van der Waals surface area contributed by atoms with E-state index in [9.17, 15) is 13.2 Å². The van der Waals surface area contributed by atoms with Crippen LogP contribution in [-0.4, -0.2) is 24.9 Å². The topological polar surface area (TPSA) is 67.5 Å². The minimum atomic E-state index is -3.11. The van der Waals surface area contributed by atoms with Crippen LogP contribution in [0.5, 0.6) is 5.75 Å². The lowest BCUT2D eigenvalue weighted by Gasteiger charge is -2.23. The smallest absolute Gasteiger partial charge is 0.387 e. The first-order valence-corrected chi connectivity index (χ1v) is 5.64. The van der Waals surface area contributed by atoms with E-state index < -0.39 is 23.6 Å². The number of aliphatic hydroxyl groups is 1. The predicted octanol–water partition coefficient (Wildman–Crippen LogP) is 2.44. The van der Waals surface area contributed by atoms with Crippen molar-refractivity contribution < 1.29 is 23.0 Å². The molecule has 0 aliphatic heterocycles. The maximum atomic E-state index is 13.3. The zero-order chi connectivity index (χ0) is 14.6. The van der Waals surface area contributed by atoms with Crippen LogP contribution in [0.3, 0.4) is 0 Å². The molecule has 0 bridgehead atoms. The molecule has 0 fully saturated rings. The summed E-state index contributed by atoms with van der Waals surface area (Å²) in [6, 6.07) is 1.98. The molecule has 0 aromatic heterocycles. The molecule has 19 heavy (non-hydrogen) atoms. The highest BCUT2D eigenvalue weighted by Crippen LogP contribution is 2.30. The minimum absolute atomic E-state index is 0.0680. The third-order valence-electron chi connectivity index (χ3n) is 2.51. The lowest BCUT2D eigenvalue weighted by Crippen LogP contribution is -2.27. The number of halogens is 3. The molecule has 4 N–H and O–H groups in total. The molecule has 0 amide bonds. The van der Waals surface area contributed by atoms with Crippen LogP contribution in [0.2, 0.25) is 0 Å². The Bertz CT molecular complexity index is 439. The van der Waals surface area contributed by atoms with Gasteiger partial charge in [-0.1, -0.05) is 13.8 Å². The van der Waals surface area contributed by atoms with Gasteiger partial charge in [0.1, 0.15) is 0 Å². The maximum absolute atomic E-state index is 13.3. The number of nitrogen functional groups attached to an aromatic ring is 1. The molecular weight excluding hydrogens is 261 g/mol. The molecule has 0 aliphatic rings. The van der Waals surface area contributed by atoms with Crippen molar-refractivity contribution >= 4 is 11.4 Å². The second kappa shape index (κ2) is 6.01. The Balaban J connectivity index is 2.89. The number of hydrogen-bond donors (Lipinski definition) is 3. The summed E-state index contributed by atoms with van der Waals surface area (Å²) in [5.74, 6) is -1.53. The van der Waals surface area contributed by atoms with Crippen molar-refractivity contribution in [2.75, 3.05) is 24.2 Å². The molecular formula is C12H17F3N2O2. The van der Waals surface area contributed by atoms with Crippen LogP contribution < -0.4 is 15.8 Å². The number of rotatable bonds is 6. The van der Waals surface area contributed by atoms with E-state index in [0.717, 1.165) is 12.1 Å². The molecule has 1 aromatic carbocycles. The van der Waals surface area contributed by atoms with Crippen LogP contribution in [0.1, 0.15) is 13.8 Å². The molecule has 108 valence electrons. The average molecular weight is 278 g/mol. The standard InChI is InChI=1S/C12H17F3N2O2/c1-12(2,6-18)5-17-9-4-10(19-11(14)15)7(13)3-8(9)16/h3-4,11,17-18H,5-6,16H2,1-2H3. The summed E-state index contributed by atoms with van der Waals surface area (Å²) in [4.78, 5) is 0. The normalized spacial score (nSPS) is 11.7. The third-order valence-corrected chi connectivity index (χ3v) is 2.51. The predicted molar refractivity (Wildman–Crippen MR) is 66.8 cm³/mol. The first-order valence-electron chi connectivity index (χ1n) is 5.64. The van der Waals surface area contributed by atoms with Crippen LogP contribution in [0.15, 0.2) is 12.1 Å². The SMILES string of the molecule is CC(C)(CO)CNc1cc(OC(F)F)c(F)cc1N. The van der Waals surface area contributed by atoms with Crippen molar-refractivity contribution in [3.05, 3.63) is 17.9 Å². The number of ether oxygens (including phenoxy) is 1. The Labute approximate surface area is 109 Å². The summed E-state index contributed by atoms with van der Waals surface area (Å²) >= 11 is 0. The van der Waals surface area contributed by atoms with Crippen molar-refractivity contribution in [3.63, 3.8) is 0 Å². The molecule has 0 atom stereocenters. The van der Waals surface area contributed by atoms with Gasteiger partial charge in [-0.2, -0.15) is 8.78 Å². The first-order chi connectivity index (χ1) is 8.75. The van der Waals surface area contributed by atoms with Gasteiger partial charge in [-0.3, -0.25) is 0 Å². The zero-order valence-corrected chi connectivity index (χ0v) is 10.7. The Hall–Kier alpha value is -1.63. The highest BCUT2D eigenvalue weighted by molar-refractivity contribution is 5.68. The Morgan fingerprint density at radius 1 is 1.42 bits per heavy atom. The van der Waals surface area contributed by atoms with Crippen LogP contribution in [0, 0.1) is 11.2 Å². The molecule has 4 nitrogen and oxygen atoms in total. The van der Waals surface area contributed by atoms with Crippen molar-refractivity contribution in [2.45, 2.75) is 20.5 Å². The fourth-order valence-corrected chi connectivity index (χ4v) is 1.30. The van der Waals surface area contributed by atoms with Crippen molar-refractivity contribution in [3.8, 4) is 5.75 Å². The van der Waals surface area contributed by atoms with Crippen molar-refractivity contribution in [1.82, 2.24) is 0 Å². The van der Waals surface area contributed by atoms with E-state index in [-0.39, 0.29) is 18.0 Å². The number of hydrogen-bond acceptors (Lipinski definition) is 4. The lowest BCUT2D eigenvalue weighted by molar-refractivity contribution is -0.0521. The second-order valence-electron chi connectivity index (χ2n) is 4.92. The largest absolute Gasteiger partial charge is 0.432 e. The summed E-state index contributed by atoms with van der Waals surface area (Å²) in [7, 11) is 0. The van der Waals surface area contributed by atoms with E-state index in [1.165, 1.54) is 0 Å². The monoisotopic (exact) mass is 278 g/mol. The van der Waals surface area contributed by atoms with E-state index in [0.29, 0.717) is 6.54 Å². The summed E-state index contributed by atoms with van der Waals surface area (Å²) < 4.78 is 41.5. The molecule has 0 heterocycles. The summed E-state index contributed by atoms with van der Waals surface area (Å²) in [5, 5.41) is 12.0. The molecule has 1 aromatic rings. The number of alkyl halides is 2. The van der Waals surface area contributed by atoms with Crippen molar-refractivity contribution in [2.24, 2.45) is 5.41 Å². The number of nitrogens with two attached hydrogens (primary N) is 1. The quantitative estimate of drug-likeness (QED) is 0.699. The Morgan fingerprint density at radius 3 is 2.58 bits per heavy atom. The Kier molecular flexibility index (Phi) is 4.88. The van der Waals surface area contributed by atoms with E-state index in [2.05, 4.69) is 10.1 Å². The third kappa shape index (κ3) is 4.51. The minimum Gasteiger partial charge on any atom is -0.432 e. The summed E-state index contributed by atoms with van der Waals surface area (Å²) in [5.41, 5.74) is 5.51. The average Bonchev–Trinajstić information content (AvgIpc) is 2.30. The molecule has 0 aliphatic carbocycles. The highest BCUT2D eigenvalue weighted by Gasteiger charge is 2.18. The molecule has 0 unspecified atom stereocenters. The maximum Gasteiger partial charge on any atom is 0.387 e. The molecule has 0 radical (unpaired) electrons. The highest BCUT2D eigenvalue weighted by atomic mass is 19.3. The molecule has 0 saturated heterocycles. The number of benzene rings is 1. The first kappa shape index (κ1) is 15.4. The molecule has 7 heteroatoms. The van der Waals surface area contributed by atoms with Gasteiger partial charge >= 0.3 is 6.61 Å². The molecule has 0 saturated carbocycles. The van der Waals surface area contributed by atoms with Crippen molar-refractivity contribution in [1.29, 1.82) is 0 Å². The van der Waals surface area contributed by atoms with Crippen LogP contribution in [0.25, 0.3) is 0 Å². The van der Waals surface area contributed by atoms with Crippen LogP contribution >= 0.6 is 0 Å². The van der Waals surface area contributed by atoms with E-state index >= 15 is 0 Å². The number of anilines is 2. The van der Waals surface area contributed by atoms with Gasteiger partial charge in [0.15, 0.2) is 11.6 Å². The molecule has 1 rings (SSSR count).